The Balaban J connectivity index is 2.82. The Kier molecular flexibility index (Phi) is 6.63. The van der Waals surface area contributed by atoms with Gasteiger partial charge in [-0.1, -0.05) is 20.8 Å². The van der Waals surface area contributed by atoms with Gasteiger partial charge in [-0.2, -0.15) is 0 Å². The molecule has 0 aromatic carbocycles. The average Bonchev–Trinajstić information content (AvgIpc) is 2.42. The molecular formula is C17H33NO5Si. The summed E-state index contributed by atoms with van der Waals surface area (Å²) in [4.78, 5) is 25.1. The Bertz CT molecular complexity index is 453. The number of rotatable bonds is 4. The van der Waals surface area contributed by atoms with E-state index >= 15 is 0 Å². The molecule has 0 bridgehead atoms. The fraction of sp³-hybridized carbons (Fsp3) is 0.882. The maximum Gasteiger partial charge on any atom is 0.410 e. The molecule has 0 radical (unpaired) electrons. The van der Waals surface area contributed by atoms with Gasteiger partial charge in [0, 0.05) is 0 Å². The molecule has 1 heterocycles. The molecule has 1 aliphatic rings. The number of morpholine rings is 1. The minimum atomic E-state index is -1.93. The van der Waals surface area contributed by atoms with Crippen molar-refractivity contribution in [3.8, 4) is 0 Å². The van der Waals surface area contributed by atoms with E-state index in [0.717, 1.165) is 6.29 Å². The molecular weight excluding hydrogens is 326 g/mol. The number of hydrogen-bond donors (Lipinski definition) is 0. The number of amides is 1. The van der Waals surface area contributed by atoms with Crippen molar-refractivity contribution in [3.05, 3.63) is 0 Å². The van der Waals surface area contributed by atoms with E-state index in [1.165, 1.54) is 0 Å². The fourth-order valence-corrected chi connectivity index (χ4v) is 3.05. The van der Waals surface area contributed by atoms with Gasteiger partial charge in [0.1, 0.15) is 11.7 Å². The van der Waals surface area contributed by atoms with Gasteiger partial charge in [-0.25, -0.2) is 4.79 Å². The highest BCUT2D eigenvalue weighted by atomic mass is 28.4. The van der Waals surface area contributed by atoms with Gasteiger partial charge in [0.15, 0.2) is 14.6 Å². The third-order valence-electron chi connectivity index (χ3n) is 4.54. The van der Waals surface area contributed by atoms with Crippen molar-refractivity contribution in [1.82, 2.24) is 4.90 Å². The number of nitrogens with zero attached hydrogens (tertiary/aromatic N) is 1. The Morgan fingerprint density at radius 2 is 1.83 bits per heavy atom. The van der Waals surface area contributed by atoms with Crippen molar-refractivity contribution in [2.45, 2.75) is 77.4 Å². The summed E-state index contributed by atoms with van der Waals surface area (Å²) in [5, 5.41) is 0.0879. The van der Waals surface area contributed by atoms with Crippen LogP contribution in [-0.4, -0.2) is 63.1 Å². The highest BCUT2D eigenvalue weighted by molar-refractivity contribution is 6.74. The average molecular weight is 360 g/mol. The molecule has 1 aliphatic heterocycles. The van der Waals surface area contributed by atoms with Crippen LogP contribution in [0.5, 0.6) is 0 Å². The Morgan fingerprint density at radius 1 is 1.25 bits per heavy atom. The predicted octanol–water partition coefficient (Wildman–Crippen LogP) is 3.21. The van der Waals surface area contributed by atoms with Crippen molar-refractivity contribution in [2.24, 2.45) is 0 Å². The minimum Gasteiger partial charge on any atom is -0.444 e. The molecule has 0 aromatic heterocycles. The zero-order valence-corrected chi connectivity index (χ0v) is 17.3. The van der Waals surface area contributed by atoms with E-state index in [4.69, 9.17) is 13.9 Å². The van der Waals surface area contributed by atoms with Gasteiger partial charge in [-0.05, 0) is 38.9 Å². The van der Waals surface area contributed by atoms with Crippen molar-refractivity contribution >= 4 is 20.7 Å². The van der Waals surface area contributed by atoms with Crippen molar-refractivity contribution in [2.75, 3.05) is 19.8 Å². The van der Waals surface area contributed by atoms with Gasteiger partial charge in [0.25, 0.3) is 0 Å². The van der Waals surface area contributed by atoms with E-state index in [-0.39, 0.29) is 24.2 Å². The maximum atomic E-state index is 12.5. The van der Waals surface area contributed by atoms with Gasteiger partial charge in [0.2, 0.25) is 0 Å². The molecule has 0 spiro atoms. The monoisotopic (exact) mass is 359 g/mol. The smallest absolute Gasteiger partial charge is 0.410 e. The summed E-state index contributed by atoms with van der Waals surface area (Å²) in [6, 6.07) is -0.245. The molecule has 0 aromatic rings. The zero-order valence-electron chi connectivity index (χ0n) is 16.3. The van der Waals surface area contributed by atoms with E-state index in [9.17, 15) is 9.59 Å². The molecule has 1 amide bonds. The van der Waals surface area contributed by atoms with Crippen LogP contribution in [0.15, 0.2) is 0 Å². The van der Waals surface area contributed by atoms with Crippen LogP contribution in [0.25, 0.3) is 0 Å². The van der Waals surface area contributed by atoms with E-state index in [1.807, 2.05) is 20.8 Å². The Morgan fingerprint density at radius 3 is 2.29 bits per heavy atom. The second-order valence-corrected chi connectivity index (χ2v) is 13.7. The molecule has 0 unspecified atom stereocenters. The van der Waals surface area contributed by atoms with Crippen LogP contribution >= 0.6 is 0 Å². The third kappa shape index (κ3) is 5.86. The standard InChI is InChI=1S/C17H33NO5Si/c1-16(2,3)23-15(20)18-9-14(10-19)21-11-13(18)12-22-24(7,8)17(4,5)6/h10,13-14H,9,11-12H2,1-8H3/t13-,14-/m0/s1. The first-order valence-electron chi connectivity index (χ1n) is 8.47. The van der Waals surface area contributed by atoms with E-state index in [0.29, 0.717) is 6.61 Å². The van der Waals surface area contributed by atoms with Crippen molar-refractivity contribution < 1.29 is 23.5 Å². The van der Waals surface area contributed by atoms with E-state index < -0.39 is 26.1 Å². The molecule has 1 fully saturated rings. The van der Waals surface area contributed by atoms with Crippen LogP contribution in [0, 0.1) is 0 Å². The first-order chi connectivity index (χ1) is 10.8. The molecule has 0 saturated carbocycles. The van der Waals surface area contributed by atoms with Crippen LogP contribution in [0.2, 0.25) is 18.1 Å². The molecule has 24 heavy (non-hydrogen) atoms. The van der Waals surface area contributed by atoms with Gasteiger partial charge >= 0.3 is 6.09 Å². The van der Waals surface area contributed by atoms with Crippen molar-refractivity contribution in [3.63, 3.8) is 0 Å². The summed E-state index contributed by atoms with van der Waals surface area (Å²) >= 11 is 0. The number of ether oxygens (including phenoxy) is 2. The normalized spacial score (nSPS) is 23.1. The van der Waals surface area contributed by atoms with E-state index in [1.54, 1.807) is 4.90 Å². The van der Waals surface area contributed by atoms with Crippen LogP contribution in [-0.2, 0) is 18.7 Å². The predicted molar refractivity (Wildman–Crippen MR) is 95.7 cm³/mol. The first-order valence-corrected chi connectivity index (χ1v) is 11.4. The first kappa shape index (κ1) is 21.1. The highest BCUT2D eigenvalue weighted by Crippen LogP contribution is 2.36. The molecule has 2 atom stereocenters. The van der Waals surface area contributed by atoms with Crippen LogP contribution in [0.3, 0.4) is 0 Å². The van der Waals surface area contributed by atoms with Gasteiger partial charge in [0.05, 0.1) is 25.8 Å². The second-order valence-electron chi connectivity index (χ2n) is 8.87. The fourth-order valence-electron chi connectivity index (χ4n) is 2.01. The van der Waals surface area contributed by atoms with Gasteiger partial charge < -0.3 is 18.7 Å². The molecule has 0 N–H and O–H groups in total. The number of carbonyl (C=O) groups excluding carboxylic acids is 2. The van der Waals surface area contributed by atoms with Crippen molar-refractivity contribution in [1.29, 1.82) is 0 Å². The van der Waals surface area contributed by atoms with Gasteiger partial charge in [-0.15, -0.1) is 0 Å². The number of hydrogen-bond acceptors (Lipinski definition) is 5. The molecule has 140 valence electrons. The molecule has 7 heteroatoms. The minimum absolute atomic E-state index is 0.0879. The molecule has 0 aliphatic carbocycles. The van der Waals surface area contributed by atoms with Crippen LogP contribution in [0.4, 0.5) is 4.79 Å². The highest BCUT2D eigenvalue weighted by Gasteiger charge is 2.40. The Hall–Kier alpha value is -0.923. The Labute approximate surface area is 147 Å². The molecule has 1 rings (SSSR count). The molecule has 1 saturated heterocycles. The topological polar surface area (TPSA) is 65.1 Å². The molecule has 6 nitrogen and oxygen atoms in total. The second kappa shape index (κ2) is 7.54. The summed E-state index contributed by atoms with van der Waals surface area (Å²) in [5.41, 5.74) is -0.586. The van der Waals surface area contributed by atoms with Gasteiger partial charge in [-0.3, -0.25) is 4.90 Å². The lowest BCUT2D eigenvalue weighted by molar-refractivity contribution is -0.128. The summed E-state index contributed by atoms with van der Waals surface area (Å²) in [5.74, 6) is 0. The van der Waals surface area contributed by atoms with Crippen LogP contribution < -0.4 is 0 Å². The summed E-state index contributed by atoms with van der Waals surface area (Å²) in [6.45, 7) is 17.2. The summed E-state index contributed by atoms with van der Waals surface area (Å²) in [7, 11) is -1.93. The largest absolute Gasteiger partial charge is 0.444 e. The summed E-state index contributed by atoms with van der Waals surface area (Å²) < 4.78 is 17.2. The quantitative estimate of drug-likeness (QED) is 0.570. The number of carbonyl (C=O) groups is 2. The third-order valence-corrected chi connectivity index (χ3v) is 9.04. The zero-order chi connectivity index (χ0) is 18.8. The number of aldehydes is 1. The lowest BCUT2D eigenvalue weighted by Gasteiger charge is -2.42. The maximum absolute atomic E-state index is 12.5. The summed E-state index contributed by atoms with van der Waals surface area (Å²) in [6.07, 6.45) is -0.314. The SMILES string of the molecule is CC(C)(C)OC(=O)N1C[C@@H](C=O)OC[C@H]1CO[Si](C)(C)C(C)(C)C. The lowest BCUT2D eigenvalue weighted by atomic mass is 10.2. The van der Waals surface area contributed by atoms with E-state index in [2.05, 4.69) is 33.9 Å². The lowest BCUT2D eigenvalue weighted by Crippen LogP contribution is -2.57. The van der Waals surface area contributed by atoms with Crippen LogP contribution in [0.1, 0.15) is 41.5 Å².